The number of hydrogen-bond acceptors (Lipinski definition) is 3. The highest BCUT2D eigenvalue weighted by Crippen LogP contribution is 2.32. The molecule has 1 aliphatic carbocycles. The average molecular weight is 269 g/mol. The van der Waals surface area contributed by atoms with Gasteiger partial charge in [0.2, 0.25) is 0 Å². The number of benzene rings is 1. The summed E-state index contributed by atoms with van der Waals surface area (Å²) < 4.78 is 0. The molecule has 1 saturated carbocycles. The average Bonchev–Trinajstić information content (AvgIpc) is 3.18. The van der Waals surface area contributed by atoms with Crippen molar-refractivity contribution in [3.63, 3.8) is 0 Å². The lowest BCUT2D eigenvalue weighted by Crippen LogP contribution is -2.45. The van der Waals surface area contributed by atoms with Crippen molar-refractivity contribution in [3.8, 4) is 6.07 Å². The van der Waals surface area contributed by atoms with E-state index in [0.29, 0.717) is 12.1 Å². The third-order valence-electron chi connectivity index (χ3n) is 4.55. The lowest BCUT2D eigenvalue weighted by molar-refractivity contribution is 0.410. The van der Waals surface area contributed by atoms with E-state index in [1.807, 2.05) is 6.92 Å². The van der Waals surface area contributed by atoms with Crippen molar-refractivity contribution in [2.24, 2.45) is 0 Å². The number of anilines is 1. The first-order valence-electron chi connectivity index (χ1n) is 7.65. The molecule has 0 bridgehead atoms. The zero-order valence-electron chi connectivity index (χ0n) is 12.4. The molecular formula is C17H23N3. The van der Waals surface area contributed by atoms with Crippen LogP contribution in [0.5, 0.6) is 0 Å². The maximum absolute atomic E-state index is 9.47. The second-order valence-corrected chi connectivity index (χ2v) is 6.49. The van der Waals surface area contributed by atoms with Crippen LogP contribution in [-0.2, 0) is 6.42 Å². The van der Waals surface area contributed by atoms with Crippen molar-refractivity contribution in [2.75, 3.05) is 11.4 Å². The van der Waals surface area contributed by atoms with Crippen molar-refractivity contribution < 1.29 is 0 Å². The van der Waals surface area contributed by atoms with E-state index in [1.165, 1.54) is 24.1 Å². The highest BCUT2D eigenvalue weighted by Gasteiger charge is 2.34. The normalized spacial score (nSPS) is 24.1. The molecule has 1 N–H and O–H groups in total. The summed E-state index contributed by atoms with van der Waals surface area (Å²) in [4.78, 5) is 2.46. The van der Waals surface area contributed by atoms with Gasteiger partial charge in [-0.15, -0.1) is 0 Å². The molecule has 1 heterocycles. The van der Waals surface area contributed by atoms with Gasteiger partial charge in [0.25, 0.3) is 0 Å². The minimum absolute atomic E-state index is 0.390. The Kier molecular flexibility index (Phi) is 3.43. The van der Waals surface area contributed by atoms with Crippen molar-refractivity contribution in [1.82, 2.24) is 5.32 Å². The van der Waals surface area contributed by atoms with E-state index in [0.717, 1.165) is 19.4 Å². The Morgan fingerprint density at radius 3 is 2.85 bits per heavy atom. The Bertz CT molecular complexity index is 529. The highest BCUT2D eigenvalue weighted by molar-refractivity contribution is 5.59. The quantitative estimate of drug-likeness (QED) is 0.893. The number of para-hydroxylation sites is 1. The van der Waals surface area contributed by atoms with Gasteiger partial charge in [0.05, 0.1) is 6.07 Å². The number of nitrogens with one attached hydrogen (secondary N) is 1. The fraction of sp³-hybridized carbons (Fsp3) is 0.588. The van der Waals surface area contributed by atoms with Gasteiger partial charge in [-0.25, -0.2) is 0 Å². The van der Waals surface area contributed by atoms with Crippen LogP contribution in [0.25, 0.3) is 0 Å². The summed E-state index contributed by atoms with van der Waals surface area (Å²) in [6, 6.07) is 12.2. The molecule has 2 aliphatic rings. The van der Waals surface area contributed by atoms with Gasteiger partial charge in [0, 0.05) is 24.3 Å². The van der Waals surface area contributed by atoms with Crippen LogP contribution in [-0.4, -0.2) is 24.2 Å². The first-order valence-corrected chi connectivity index (χ1v) is 7.65. The molecule has 1 fully saturated rings. The molecule has 1 aliphatic heterocycles. The summed E-state index contributed by atoms with van der Waals surface area (Å²) in [5.41, 5.74) is 2.40. The minimum atomic E-state index is -0.390. The first-order chi connectivity index (χ1) is 9.61. The van der Waals surface area contributed by atoms with Crippen LogP contribution in [0.1, 0.15) is 38.7 Å². The predicted octanol–water partition coefficient (Wildman–Crippen LogP) is 2.86. The lowest BCUT2D eigenvalue weighted by atomic mass is 9.99. The van der Waals surface area contributed by atoms with Crippen LogP contribution < -0.4 is 10.2 Å². The van der Waals surface area contributed by atoms with Crippen molar-refractivity contribution in [2.45, 2.75) is 57.2 Å². The number of fused-ring (bicyclic) bond motifs is 1. The highest BCUT2D eigenvalue weighted by atomic mass is 15.2. The Morgan fingerprint density at radius 2 is 2.15 bits per heavy atom. The van der Waals surface area contributed by atoms with Crippen LogP contribution in [0.15, 0.2) is 24.3 Å². The molecule has 1 aromatic carbocycles. The fourth-order valence-electron chi connectivity index (χ4n) is 3.15. The zero-order valence-corrected chi connectivity index (χ0v) is 12.4. The third-order valence-corrected chi connectivity index (χ3v) is 4.55. The maximum atomic E-state index is 9.47. The summed E-state index contributed by atoms with van der Waals surface area (Å²) in [7, 11) is 0. The summed E-state index contributed by atoms with van der Waals surface area (Å²) in [5.74, 6) is 0. The largest absolute Gasteiger partial charge is 0.368 e. The van der Waals surface area contributed by atoms with Gasteiger partial charge in [-0.2, -0.15) is 5.26 Å². The molecule has 3 rings (SSSR count). The van der Waals surface area contributed by atoms with Gasteiger partial charge in [0.1, 0.15) is 5.54 Å². The van der Waals surface area contributed by atoms with E-state index >= 15 is 0 Å². The standard InChI is InChI=1S/C17H23N3/c1-13-11-14-5-3-4-6-16(14)20(13)10-9-17(2,12-18)19-15-7-8-15/h3-6,13,15,19H,7-11H2,1-2H3. The van der Waals surface area contributed by atoms with Gasteiger partial charge >= 0.3 is 0 Å². The molecule has 0 aromatic heterocycles. The van der Waals surface area contributed by atoms with Gasteiger partial charge in [0.15, 0.2) is 0 Å². The topological polar surface area (TPSA) is 39.1 Å². The maximum Gasteiger partial charge on any atom is 0.105 e. The number of rotatable bonds is 5. The van der Waals surface area contributed by atoms with E-state index < -0.39 is 5.54 Å². The molecule has 3 heteroatoms. The second-order valence-electron chi connectivity index (χ2n) is 6.49. The molecule has 1 aromatic rings. The van der Waals surface area contributed by atoms with Gasteiger partial charge in [-0.05, 0) is 51.2 Å². The van der Waals surface area contributed by atoms with Crippen LogP contribution >= 0.6 is 0 Å². The summed E-state index contributed by atoms with van der Waals surface area (Å²) in [6.07, 6.45) is 4.44. The van der Waals surface area contributed by atoms with Crippen LogP contribution in [0.2, 0.25) is 0 Å². The summed E-state index contributed by atoms with van der Waals surface area (Å²) in [6.45, 7) is 5.26. The van der Waals surface area contributed by atoms with Crippen molar-refractivity contribution >= 4 is 5.69 Å². The smallest absolute Gasteiger partial charge is 0.105 e. The molecule has 0 spiro atoms. The first kappa shape index (κ1) is 13.5. The van der Waals surface area contributed by atoms with Crippen LogP contribution in [0.4, 0.5) is 5.69 Å². The van der Waals surface area contributed by atoms with Crippen LogP contribution in [0, 0.1) is 11.3 Å². The SMILES string of the molecule is CC1Cc2ccccc2N1CCC(C)(C#N)NC1CC1. The van der Waals surface area contributed by atoms with Crippen LogP contribution in [0.3, 0.4) is 0 Å². The number of nitrogens with zero attached hydrogens (tertiary/aromatic N) is 2. The molecular weight excluding hydrogens is 246 g/mol. The fourth-order valence-corrected chi connectivity index (χ4v) is 3.15. The molecule has 2 atom stereocenters. The zero-order chi connectivity index (χ0) is 14.2. The summed E-state index contributed by atoms with van der Waals surface area (Å²) >= 11 is 0. The van der Waals surface area contributed by atoms with E-state index in [9.17, 15) is 5.26 Å². The Morgan fingerprint density at radius 1 is 1.40 bits per heavy atom. The van der Waals surface area contributed by atoms with Gasteiger partial charge in [-0.3, -0.25) is 5.32 Å². The molecule has 20 heavy (non-hydrogen) atoms. The third kappa shape index (κ3) is 2.66. The molecule has 106 valence electrons. The van der Waals surface area contributed by atoms with Gasteiger partial charge < -0.3 is 4.90 Å². The molecule has 3 nitrogen and oxygen atoms in total. The predicted molar refractivity (Wildman–Crippen MR) is 81.7 cm³/mol. The second kappa shape index (κ2) is 5.10. The lowest BCUT2D eigenvalue weighted by Gasteiger charge is -2.30. The van der Waals surface area contributed by atoms with E-state index in [2.05, 4.69) is 47.5 Å². The monoisotopic (exact) mass is 269 g/mol. The Balaban J connectivity index is 1.67. The molecule has 0 radical (unpaired) electrons. The number of hydrogen-bond donors (Lipinski definition) is 1. The van der Waals surface area contributed by atoms with E-state index in [4.69, 9.17) is 0 Å². The van der Waals surface area contributed by atoms with Crippen molar-refractivity contribution in [1.29, 1.82) is 5.26 Å². The van der Waals surface area contributed by atoms with E-state index in [-0.39, 0.29) is 0 Å². The molecule has 0 saturated heterocycles. The number of nitriles is 1. The van der Waals surface area contributed by atoms with Gasteiger partial charge in [-0.1, -0.05) is 18.2 Å². The molecule has 2 unspecified atom stereocenters. The Hall–Kier alpha value is -1.53. The molecule has 0 amide bonds. The summed E-state index contributed by atoms with van der Waals surface area (Å²) in [5, 5.41) is 13.0. The minimum Gasteiger partial charge on any atom is -0.368 e. The Labute approximate surface area is 121 Å². The van der Waals surface area contributed by atoms with Crippen molar-refractivity contribution in [3.05, 3.63) is 29.8 Å². The van der Waals surface area contributed by atoms with E-state index in [1.54, 1.807) is 0 Å².